The molecule has 0 spiro atoms. The van der Waals surface area contributed by atoms with Crippen molar-refractivity contribution in [3.8, 4) is 0 Å². The highest BCUT2D eigenvalue weighted by molar-refractivity contribution is 5.87. The van der Waals surface area contributed by atoms with Gasteiger partial charge in [-0.15, -0.1) is 6.58 Å². The minimum atomic E-state index is -0.407. The fourth-order valence-electron chi connectivity index (χ4n) is 3.56. The standard InChI is InChI=1S/C20H22N6O2/c1-5-10-24-18(27)16-17(23(4)20(24)28)21-19-25(16)11-14(3)22-26(19)12-15-9-7-6-8-13(15)2/h5-9H,1,10-12H2,2-4H3. The molecule has 8 nitrogen and oxygen atoms in total. The van der Waals surface area contributed by atoms with E-state index in [1.165, 1.54) is 9.13 Å². The number of benzene rings is 1. The van der Waals surface area contributed by atoms with Gasteiger partial charge in [-0.3, -0.25) is 18.5 Å². The third-order valence-corrected chi connectivity index (χ3v) is 5.01. The van der Waals surface area contributed by atoms with E-state index in [1.54, 1.807) is 18.1 Å². The van der Waals surface area contributed by atoms with Gasteiger partial charge in [0.2, 0.25) is 5.95 Å². The Morgan fingerprint density at radius 3 is 2.68 bits per heavy atom. The zero-order valence-corrected chi connectivity index (χ0v) is 16.2. The molecule has 0 N–H and O–H groups in total. The van der Waals surface area contributed by atoms with E-state index in [9.17, 15) is 9.59 Å². The first kappa shape index (κ1) is 18.0. The lowest BCUT2D eigenvalue weighted by atomic mass is 10.1. The van der Waals surface area contributed by atoms with Crippen LogP contribution in [0.3, 0.4) is 0 Å². The molecule has 4 rings (SSSR count). The lowest BCUT2D eigenvalue weighted by Gasteiger charge is -2.25. The monoisotopic (exact) mass is 378 g/mol. The Kier molecular flexibility index (Phi) is 4.26. The highest BCUT2D eigenvalue weighted by Crippen LogP contribution is 2.25. The highest BCUT2D eigenvalue weighted by Gasteiger charge is 2.26. The van der Waals surface area contributed by atoms with Crippen molar-refractivity contribution in [2.75, 3.05) is 5.01 Å². The molecule has 1 aliphatic heterocycles. The summed E-state index contributed by atoms with van der Waals surface area (Å²) in [5, 5.41) is 6.44. The normalized spacial score (nSPS) is 13.5. The predicted octanol–water partition coefficient (Wildman–Crippen LogP) is 1.79. The molecular formula is C20H22N6O2. The summed E-state index contributed by atoms with van der Waals surface area (Å²) in [5.74, 6) is 0.562. The van der Waals surface area contributed by atoms with Crippen molar-refractivity contribution in [1.29, 1.82) is 0 Å². The third-order valence-electron chi connectivity index (χ3n) is 5.01. The van der Waals surface area contributed by atoms with E-state index in [0.717, 1.165) is 16.8 Å². The number of imidazole rings is 1. The molecule has 0 unspecified atom stereocenters. The topological polar surface area (TPSA) is 77.4 Å². The number of fused-ring (bicyclic) bond motifs is 3. The van der Waals surface area contributed by atoms with Gasteiger partial charge in [0.1, 0.15) is 0 Å². The minimum Gasteiger partial charge on any atom is -0.297 e. The van der Waals surface area contributed by atoms with Crippen LogP contribution in [0.4, 0.5) is 5.95 Å². The van der Waals surface area contributed by atoms with Gasteiger partial charge >= 0.3 is 5.69 Å². The molecule has 0 aliphatic carbocycles. The summed E-state index contributed by atoms with van der Waals surface area (Å²) in [4.78, 5) is 30.2. The number of aryl methyl sites for hydroxylation is 2. The van der Waals surface area contributed by atoms with E-state index in [2.05, 4.69) is 35.7 Å². The van der Waals surface area contributed by atoms with Gasteiger partial charge < -0.3 is 0 Å². The summed E-state index contributed by atoms with van der Waals surface area (Å²) in [6.07, 6.45) is 1.54. The summed E-state index contributed by atoms with van der Waals surface area (Å²) in [6.45, 7) is 8.76. The SMILES string of the molecule is C=CCn1c(=O)c2c(nc3n2CC(C)=NN3Cc2ccccc2C)n(C)c1=O. The molecule has 0 radical (unpaired) electrons. The molecule has 144 valence electrons. The van der Waals surface area contributed by atoms with Gasteiger partial charge in [-0.1, -0.05) is 30.3 Å². The van der Waals surface area contributed by atoms with E-state index in [-0.39, 0.29) is 12.1 Å². The zero-order valence-electron chi connectivity index (χ0n) is 16.2. The maximum Gasteiger partial charge on any atom is 0.332 e. The lowest BCUT2D eigenvalue weighted by Crippen LogP contribution is -2.39. The van der Waals surface area contributed by atoms with E-state index in [1.807, 2.05) is 23.6 Å². The number of anilines is 1. The van der Waals surface area contributed by atoms with Crippen LogP contribution in [0.15, 0.2) is 51.6 Å². The second-order valence-corrected chi connectivity index (χ2v) is 7.04. The van der Waals surface area contributed by atoms with Crippen LogP contribution in [-0.4, -0.2) is 24.4 Å². The van der Waals surface area contributed by atoms with Crippen LogP contribution in [0.25, 0.3) is 11.2 Å². The largest absolute Gasteiger partial charge is 0.332 e. The molecule has 1 aromatic carbocycles. The van der Waals surface area contributed by atoms with Crippen molar-refractivity contribution in [2.24, 2.45) is 12.1 Å². The Labute approximate surface area is 161 Å². The van der Waals surface area contributed by atoms with Crippen molar-refractivity contribution < 1.29 is 0 Å². The summed E-state index contributed by atoms with van der Waals surface area (Å²) < 4.78 is 4.43. The van der Waals surface area contributed by atoms with E-state index < -0.39 is 5.69 Å². The average molecular weight is 378 g/mol. The van der Waals surface area contributed by atoms with Gasteiger partial charge in [-0.2, -0.15) is 10.1 Å². The molecule has 0 bridgehead atoms. The van der Waals surface area contributed by atoms with Gasteiger partial charge in [0.25, 0.3) is 5.56 Å². The summed E-state index contributed by atoms with van der Waals surface area (Å²) in [6, 6.07) is 8.09. The fraction of sp³-hybridized carbons (Fsp3) is 0.300. The van der Waals surface area contributed by atoms with Crippen molar-refractivity contribution in [3.63, 3.8) is 0 Å². The zero-order chi connectivity index (χ0) is 20.0. The Balaban J connectivity index is 1.94. The summed E-state index contributed by atoms with van der Waals surface area (Å²) >= 11 is 0. The van der Waals surface area contributed by atoms with Crippen LogP contribution in [0, 0.1) is 6.92 Å². The van der Waals surface area contributed by atoms with Crippen molar-refractivity contribution in [2.45, 2.75) is 33.5 Å². The smallest absolute Gasteiger partial charge is 0.297 e. The quantitative estimate of drug-likeness (QED) is 0.649. The third kappa shape index (κ3) is 2.69. The maximum atomic E-state index is 13.0. The van der Waals surface area contributed by atoms with Crippen LogP contribution < -0.4 is 16.3 Å². The molecule has 2 aromatic heterocycles. The molecule has 0 saturated heterocycles. The maximum absolute atomic E-state index is 13.0. The summed E-state index contributed by atoms with van der Waals surface area (Å²) in [7, 11) is 1.63. The van der Waals surface area contributed by atoms with Crippen LogP contribution in [0.2, 0.25) is 0 Å². The van der Waals surface area contributed by atoms with Gasteiger partial charge in [-0.25, -0.2) is 9.80 Å². The van der Waals surface area contributed by atoms with Crippen molar-refractivity contribution >= 4 is 22.8 Å². The number of nitrogens with zero attached hydrogens (tertiary/aromatic N) is 6. The van der Waals surface area contributed by atoms with Crippen LogP contribution in [0.5, 0.6) is 0 Å². The van der Waals surface area contributed by atoms with Crippen molar-refractivity contribution in [1.82, 2.24) is 18.7 Å². The molecule has 0 atom stereocenters. The van der Waals surface area contributed by atoms with E-state index in [0.29, 0.717) is 30.2 Å². The first-order valence-corrected chi connectivity index (χ1v) is 9.09. The molecule has 1 aliphatic rings. The molecular weight excluding hydrogens is 356 g/mol. The molecule has 28 heavy (non-hydrogen) atoms. The number of allylic oxidation sites excluding steroid dienone is 1. The number of hydrogen-bond donors (Lipinski definition) is 0. The molecule has 0 amide bonds. The second-order valence-electron chi connectivity index (χ2n) is 7.04. The van der Waals surface area contributed by atoms with Gasteiger partial charge in [-0.05, 0) is 25.0 Å². The van der Waals surface area contributed by atoms with Crippen LogP contribution in [0.1, 0.15) is 18.1 Å². The lowest BCUT2D eigenvalue weighted by molar-refractivity contribution is 0.663. The summed E-state index contributed by atoms with van der Waals surface area (Å²) in [5.41, 5.74) is 3.15. The molecule has 0 fully saturated rings. The molecule has 0 saturated carbocycles. The Hall–Kier alpha value is -3.42. The molecule has 3 aromatic rings. The first-order valence-electron chi connectivity index (χ1n) is 9.09. The highest BCUT2D eigenvalue weighted by atomic mass is 16.2. The Bertz CT molecular complexity index is 1240. The van der Waals surface area contributed by atoms with Gasteiger partial charge in [0, 0.05) is 13.6 Å². The fourth-order valence-corrected chi connectivity index (χ4v) is 3.56. The Morgan fingerprint density at radius 2 is 1.96 bits per heavy atom. The van der Waals surface area contributed by atoms with Gasteiger partial charge in [0.05, 0.1) is 18.8 Å². The second kappa shape index (κ2) is 6.63. The number of hydrazone groups is 1. The van der Waals surface area contributed by atoms with Crippen molar-refractivity contribution in [3.05, 3.63) is 68.9 Å². The average Bonchev–Trinajstić information content (AvgIpc) is 3.05. The van der Waals surface area contributed by atoms with E-state index >= 15 is 0 Å². The molecule has 3 heterocycles. The van der Waals surface area contributed by atoms with Gasteiger partial charge in [0.15, 0.2) is 11.2 Å². The number of hydrogen-bond acceptors (Lipinski definition) is 5. The predicted molar refractivity (Wildman–Crippen MR) is 110 cm³/mol. The number of aromatic nitrogens is 4. The molecule has 8 heteroatoms. The number of rotatable bonds is 4. The Morgan fingerprint density at radius 1 is 1.21 bits per heavy atom. The van der Waals surface area contributed by atoms with Crippen LogP contribution in [-0.2, 0) is 26.7 Å². The van der Waals surface area contributed by atoms with E-state index in [4.69, 9.17) is 0 Å². The minimum absolute atomic E-state index is 0.155. The van der Waals surface area contributed by atoms with Crippen LogP contribution >= 0.6 is 0 Å². The first-order chi connectivity index (χ1) is 13.4.